The number of hydrogen-bond donors (Lipinski definition) is 2. The van der Waals surface area contributed by atoms with E-state index in [0.29, 0.717) is 9.90 Å². The maximum atomic E-state index is 11.7. The number of amides is 1. The summed E-state index contributed by atoms with van der Waals surface area (Å²) in [6.07, 6.45) is 0. The minimum Gasteiger partial charge on any atom is -0.409 e. The summed E-state index contributed by atoms with van der Waals surface area (Å²) in [5.74, 6) is -0.278. The lowest BCUT2D eigenvalue weighted by atomic mass is 10.4. The number of oxime groups is 1. The molecule has 82 valence electrons. The van der Waals surface area contributed by atoms with Gasteiger partial charge >= 0.3 is 0 Å². The average molecular weight is 248 g/mol. The average Bonchev–Trinajstić information content (AvgIpc) is 2.63. The molecule has 0 fully saturated rings. The summed E-state index contributed by atoms with van der Waals surface area (Å²) >= 11 is 7.06. The molecule has 0 aliphatic heterocycles. The summed E-state index contributed by atoms with van der Waals surface area (Å²) in [5, 5.41) is 13.3. The first-order valence-electron chi connectivity index (χ1n) is 4.01. The van der Waals surface area contributed by atoms with Gasteiger partial charge in [-0.25, -0.2) is 0 Å². The number of amidine groups is 1. The molecule has 0 saturated carbocycles. The first-order chi connectivity index (χ1) is 7.06. The van der Waals surface area contributed by atoms with Crippen molar-refractivity contribution in [2.24, 2.45) is 10.9 Å². The van der Waals surface area contributed by atoms with Crippen LogP contribution in [0.2, 0.25) is 5.02 Å². The lowest BCUT2D eigenvalue weighted by Crippen LogP contribution is -2.35. The second kappa shape index (κ2) is 4.99. The standard InChI is InChI=1S/C8H10ClN3O2S/c1-12(4-6(10)11-14)8(13)7-5(9)2-3-15-7/h2-3,14H,4H2,1H3,(H2,10,11). The summed E-state index contributed by atoms with van der Waals surface area (Å²) in [6.45, 7) is 0.0591. The third kappa shape index (κ3) is 2.84. The molecule has 0 saturated heterocycles. The van der Waals surface area contributed by atoms with E-state index in [-0.39, 0.29) is 18.3 Å². The van der Waals surface area contributed by atoms with Crippen LogP contribution in [0, 0.1) is 0 Å². The van der Waals surface area contributed by atoms with Crippen molar-refractivity contribution in [3.63, 3.8) is 0 Å². The maximum Gasteiger partial charge on any atom is 0.265 e. The number of nitrogens with zero attached hydrogens (tertiary/aromatic N) is 2. The van der Waals surface area contributed by atoms with Gasteiger partial charge in [0, 0.05) is 7.05 Å². The molecule has 0 aliphatic rings. The molecule has 1 amide bonds. The van der Waals surface area contributed by atoms with Crippen molar-refractivity contribution in [3.8, 4) is 0 Å². The number of carbonyl (C=O) groups is 1. The van der Waals surface area contributed by atoms with Gasteiger partial charge in [0.1, 0.15) is 4.88 Å². The van der Waals surface area contributed by atoms with Crippen LogP contribution in [0.3, 0.4) is 0 Å². The largest absolute Gasteiger partial charge is 0.409 e. The summed E-state index contributed by atoms with van der Waals surface area (Å²) < 4.78 is 0. The van der Waals surface area contributed by atoms with Crippen molar-refractivity contribution in [3.05, 3.63) is 21.3 Å². The fraction of sp³-hybridized carbons (Fsp3) is 0.250. The van der Waals surface area contributed by atoms with Crippen LogP contribution in [0.5, 0.6) is 0 Å². The van der Waals surface area contributed by atoms with E-state index in [1.165, 1.54) is 16.2 Å². The zero-order valence-corrected chi connectivity index (χ0v) is 9.55. The third-order valence-electron chi connectivity index (χ3n) is 1.69. The van der Waals surface area contributed by atoms with Gasteiger partial charge in [-0.1, -0.05) is 16.8 Å². The number of rotatable bonds is 3. The fourth-order valence-electron chi connectivity index (χ4n) is 0.966. The van der Waals surface area contributed by atoms with Gasteiger partial charge in [-0.2, -0.15) is 0 Å². The van der Waals surface area contributed by atoms with Crippen molar-refractivity contribution in [1.29, 1.82) is 0 Å². The molecular weight excluding hydrogens is 238 g/mol. The van der Waals surface area contributed by atoms with Crippen LogP contribution in [0.25, 0.3) is 0 Å². The van der Waals surface area contributed by atoms with Crippen molar-refractivity contribution < 1.29 is 10.0 Å². The Morgan fingerprint density at radius 2 is 2.47 bits per heavy atom. The van der Waals surface area contributed by atoms with Crippen LogP contribution >= 0.6 is 22.9 Å². The monoisotopic (exact) mass is 247 g/mol. The van der Waals surface area contributed by atoms with Crippen LogP contribution in [-0.4, -0.2) is 35.4 Å². The van der Waals surface area contributed by atoms with E-state index in [1.54, 1.807) is 18.5 Å². The fourth-order valence-corrected chi connectivity index (χ4v) is 2.10. The number of nitrogens with two attached hydrogens (primary N) is 1. The number of thiophene rings is 1. The zero-order chi connectivity index (χ0) is 11.4. The SMILES string of the molecule is CN(C/C(N)=N/O)C(=O)c1sccc1Cl. The van der Waals surface area contributed by atoms with E-state index in [1.807, 2.05) is 0 Å². The Bertz CT molecular complexity index is 391. The molecule has 0 aromatic carbocycles. The molecule has 0 spiro atoms. The first-order valence-corrected chi connectivity index (χ1v) is 5.27. The predicted molar refractivity (Wildman–Crippen MR) is 59.7 cm³/mol. The van der Waals surface area contributed by atoms with Gasteiger partial charge < -0.3 is 15.8 Å². The van der Waals surface area contributed by atoms with Crippen molar-refractivity contribution in [2.45, 2.75) is 0 Å². The normalized spacial score (nSPS) is 11.5. The van der Waals surface area contributed by atoms with Crippen molar-refractivity contribution in [2.75, 3.05) is 13.6 Å². The van der Waals surface area contributed by atoms with Gasteiger partial charge in [0.05, 0.1) is 11.6 Å². The Kier molecular flexibility index (Phi) is 3.93. The third-order valence-corrected chi connectivity index (χ3v) is 3.02. The molecule has 0 bridgehead atoms. The number of hydrogen-bond acceptors (Lipinski definition) is 4. The maximum absolute atomic E-state index is 11.7. The predicted octanol–water partition coefficient (Wildman–Crippen LogP) is 1.22. The summed E-state index contributed by atoms with van der Waals surface area (Å²) in [5.41, 5.74) is 5.28. The van der Waals surface area contributed by atoms with Crippen LogP contribution in [-0.2, 0) is 0 Å². The highest BCUT2D eigenvalue weighted by Crippen LogP contribution is 2.23. The van der Waals surface area contributed by atoms with Crippen LogP contribution in [0.1, 0.15) is 9.67 Å². The molecule has 7 heteroatoms. The molecule has 0 radical (unpaired) electrons. The Morgan fingerprint density at radius 1 is 1.80 bits per heavy atom. The molecule has 15 heavy (non-hydrogen) atoms. The van der Waals surface area contributed by atoms with Gasteiger partial charge in [-0.15, -0.1) is 11.3 Å². The smallest absolute Gasteiger partial charge is 0.265 e. The summed E-state index contributed by atoms with van der Waals surface area (Å²) in [6, 6.07) is 1.65. The van der Waals surface area contributed by atoms with E-state index in [9.17, 15) is 4.79 Å². The number of likely N-dealkylation sites (N-methyl/N-ethyl adjacent to an activating group) is 1. The summed E-state index contributed by atoms with van der Waals surface area (Å²) in [7, 11) is 1.55. The van der Waals surface area contributed by atoms with Gasteiger partial charge in [-0.3, -0.25) is 4.79 Å². The lowest BCUT2D eigenvalue weighted by molar-refractivity contribution is 0.0818. The first kappa shape index (κ1) is 11.8. The van der Waals surface area contributed by atoms with Gasteiger partial charge in [0.15, 0.2) is 5.84 Å². The van der Waals surface area contributed by atoms with E-state index >= 15 is 0 Å². The topological polar surface area (TPSA) is 78.9 Å². The second-order valence-electron chi connectivity index (χ2n) is 2.85. The van der Waals surface area contributed by atoms with E-state index in [2.05, 4.69) is 5.16 Å². The highest BCUT2D eigenvalue weighted by molar-refractivity contribution is 7.12. The summed E-state index contributed by atoms with van der Waals surface area (Å²) in [4.78, 5) is 13.5. The van der Waals surface area contributed by atoms with Crippen molar-refractivity contribution >= 4 is 34.7 Å². The Morgan fingerprint density at radius 3 is 2.93 bits per heavy atom. The minimum absolute atomic E-state index is 0.0291. The molecule has 1 aromatic heterocycles. The van der Waals surface area contributed by atoms with E-state index in [4.69, 9.17) is 22.5 Å². The van der Waals surface area contributed by atoms with Gasteiger partial charge in [0.25, 0.3) is 5.91 Å². The Labute approximate surface area is 95.7 Å². The van der Waals surface area contributed by atoms with Crippen LogP contribution in [0.4, 0.5) is 0 Å². The van der Waals surface area contributed by atoms with E-state index < -0.39 is 0 Å². The molecule has 1 aromatic rings. The number of carbonyl (C=O) groups excluding carboxylic acids is 1. The molecule has 0 unspecified atom stereocenters. The molecular formula is C8H10ClN3O2S. The second-order valence-corrected chi connectivity index (χ2v) is 4.17. The highest BCUT2D eigenvalue weighted by Gasteiger charge is 2.17. The van der Waals surface area contributed by atoms with Crippen LogP contribution < -0.4 is 5.73 Å². The molecule has 3 N–H and O–H groups in total. The number of halogens is 1. The molecule has 1 heterocycles. The molecule has 5 nitrogen and oxygen atoms in total. The zero-order valence-electron chi connectivity index (χ0n) is 7.98. The molecule has 0 aliphatic carbocycles. The minimum atomic E-state index is -0.249. The van der Waals surface area contributed by atoms with Crippen molar-refractivity contribution in [1.82, 2.24) is 4.90 Å². The van der Waals surface area contributed by atoms with E-state index in [0.717, 1.165) is 0 Å². The van der Waals surface area contributed by atoms with Crippen LogP contribution in [0.15, 0.2) is 16.6 Å². The van der Waals surface area contributed by atoms with Gasteiger partial charge in [-0.05, 0) is 11.4 Å². The molecule has 1 rings (SSSR count). The highest BCUT2D eigenvalue weighted by atomic mass is 35.5. The molecule has 0 atom stereocenters. The Balaban J connectivity index is 2.74. The quantitative estimate of drug-likeness (QED) is 0.365. The lowest BCUT2D eigenvalue weighted by Gasteiger charge is -2.15. The Hall–Kier alpha value is -1.27. The van der Waals surface area contributed by atoms with Gasteiger partial charge in [0.2, 0.25) is 0 Å².